The van der Waals surface area contributed by atoms with Crippen LogP contribution in [0.2, 0.25) is 0 Å². The molecule has 2 aliphatic heterocycles. The van der Waals surface area contributed by atoms with Gasteiger partial charge in [0.1, 0.15) is 4.90 Å². The first-order valence-corrected chi connectivity index (χ1v) is 10.0. The van der Waals surface area contributed by atoms with Gasteiger partial charge in [0, 0.05) is 39.3 Å². The number of carbonyl (C=O) groups is 1. The van der Waals surface area contributed by atoms with Crippen molar-refractivity contribution in [2.45, 2.75) is 23.8 Å². The number of piperazine rings is 1. The number of hydrogen-bond donors (Lipinski definition) is 2. The van der Waals surface area contributed by atoms with Crippen molar-refractivity contribution in [3.8, 4) is 0 Å². The fourth-order valence-corrected chi connectivity index (χ4v) is 3.98. The van der Waals surface area contributed by atoms with Gasteiger partial charge in [-0.15, -0.1) is 0 Å². The second kappa shape index (κ2) is 7.59. The number of anilines is 1. The van der Waals surface area contributed by atoms with Gasteiger partial charge in [-0.2, -0.15) is 0 Å². The van der Waals surface area contributed by atoms with E-state index < -0.39 is 10.0 Å². The highest BCUT2D eigenvalue weighted by molar-refractivity contribution is 7.89. The summed E-state index contributed by atoms with van der Waals surface area (Å²) in [6.45, 7) is 3.46. The molecule has 3 N–H and O–H groups in total. The molecule has 9 heteroatoms. The monoisotopic (exact) mass is 368 g/mol. The van der Waals surface area contributed by atoms with Crippen molar-refractivity contribution in [2.75, 3.05) is 44.2 Å². The number of nitrogens with two attached hydrogens (primary N) is 1. The predicted molar refractivity (Wildman–Crippen MR) is 94.0 cm³/mol. The number of nitrogens with one attached hydrogen (secondary N) is 1. The minimum Gasteiger partial charge on any atom is -0.376 e. The van der Waals surface area contributed by atoms with Crippen LogP contribution in [0, 0.1) is 0 Å². The highest BCUT2D eigenvalue weighted by Crippen LogP contribution is 2.25. The van der Waals surface area contributed by atoms with Crippen LogP contribution in [0.15, 0.2) is 29.2 Å². The number of urea groups is 1. The first-order chi connectivity index (χ1) is 11.9. The van der Waals surface area contributed by atoms with Gasteiger partial charge in [0.05, 0.1) is 11.8 Å². The molecule has 1 aromatic carbocycles. The standard InChI is InChI=1S/C16H24N4O4S/c17-25(22,23)15-6-2-1-5-14(15)19-7-9-20(10-8-19)16(21)18-12-13-4-3-11-24-13/h1-2,5-6,13H,3-4,7-12H2,(H,18,21)(H2,17,22,23)/t13-/m1/s1. The summed E-state index contributed by atoms with van der Waals surface area (Å²) in [5, 5.41) is 8.21. The molecule has 1 atom stereocenters. The van der Waals surface area contributed by atoms with Crippen molar-refractivity contribution < 1.29 is 17.9 Å². The van der Waals surface area contributed by atoms with Crippen LogP contribution in [0.25, 0.3) is 0 Å². The minimum absolute atomic E-state index is 0.102. The number of rotatable bonds is 4. The first-order valence-electron chi connectivity index (χ1n) is 8.46. The number of benzene rings is 1. The number of ether oxygens (including phenoxy) is 1. The first kappa shape index (κ1) is 18.0. The molecule has 1 aromatic rings. The van der Waals surface area contributed by atoms with Crippen molar-refractivity contribution in [2.24, 2.45) is 5.14 Å². The Morgan fingerprint density at radius 2 is 1.96 bits per heavy atom. The third-order valence-electron chi connectivity index (χ3n) is 4.58. The summed E-state index contributed by atoms with van der Waals surface area (Å²) in [7, 11) is -3.78. The van der Waals surface area contributed by atoms with E-state index in [9.17, 15) is 13.2 Å². The molecule has 2 aliphatic rings. The van der Waals surface area contributed by atoms with Crippen LogP contribution in [-0.2, 0) is 14.8 Å². The molecule has 3 rings (SSSR count). The molecule has 2 amide bonds. The van der Waals surface area contributed by atoms with Gasteiger partial charge in [-0.1, -0.05) is 12.1 Å². The Labute approximate surface area is 148 Å². The van der Waals surface area contributed by atoms with E-state index in [1.165, 1.54) is 6.07 Å². The van der Waals surface area contributed by atoms with Gasteiger partial charge < -0.3 is 19.9 Å². The highest BCUT2D eigenvalue weighted by atomic mass is 32.2. The smallest absolute Gasteiger partial charge is 0.317 e. The molecule has 2 fully saturated rings. The van der Waals surface area contributed by atoms with Crippen molar-refractivity contribution in [1.82, 2.24) is 10.2 Å². The normalized spacial score (nSPS) is 21.4. The van der Waals surface area contributed by atoms with Crippen molar-refractivity contribution in [3.63, 3.8) is 0 Å². The van der Waals surface area contributed by atoms with E-state index in [-0.39, 0.29) is 17.0 Å². The number of nitrogens with zero attached hydrogens (tertiary/aromatic N) is 2. The fourth-order valence-electron chi connectivity index (χ4n) is 3.23. The Kier molecular flexibility index (Phi) is 5.45. The number of hydrogen-bond acceptors (Lipinski definition) is 5. The molecule has 2 heterocycles. The van der Waals surface area contributed by atoms with Gasteiger partial charge in [0.15, 0.2) is 0 Å². The van der Waals surface area contributed by atoms with Crippen molar-refractivity contribution >= 4 is 21.7 Å². The quantitative estimate of drug-likeness (QED) is 0.798. The lowest BCUT2D eigenvalue weighted by Crippen LogP contribution is -2.52. The Morgan fingerprint density at radius 1 is 1.24 bits per heavy atom. The topological polar surface area (TPSA) is 105 Å². The molecule has 25 heavy (non-hydrogen) atoms. The lowest BCUT2D eigenvalue weighted by Gasteiger charge is -2.36. The maximum Gasteiger partial charge on any atom is 0.317 e. The summed E-state index contributed by atoms with van der Waals surface area (Å²) in [6, 6.07) is 6.58. The molecule has 0 bridgehead atoms. The Hall–Kier alpha value is -1.84. The average molecular weight is 368 g/mol. The number of sulfonamides is 1. The summed E-state index contributed by atoms with van der Waals surface area (Å²) in [6.07, 6.45) is 2.15. The van der Waals surface area contributed by atoms with E-state index >= 15 is 0 Å². The summed E-state index contributed by atoms with van der Waals surface area (Å²) in [4.78, 5) is 16.1. The summed E-state index contributed by atoms with van der Waals surface area (Å²) >= 11 is 0. The van der Waals surface area contributed by atoms with E-state index in [1.807, 2.05) is 4.90 Å². The average Bonchev–Trinajstić information content (AvgIpc) is 3.13. The van der Waals surface area contributed by atoms with Gasteiger partial charge in [-0.25, -0.2) is 18.4 Å². The lowest BCUT2D eigenvalue weighted by atomic mass is 10.2. The molecule has 0 unspecified atom stereocenters. The van der Waals surface area contributed by atoms with Gasteiger partial charge in [0.25, 0.3) is 0 Å². The van der Waals surface area contributed by atoms with E-state index in [2.05, 4.69) is 5.32 Å². The second-order valence-electron chi connectivity index (χ2n) is 6.31. The van der Waals surface area contributed by atoms with E-state index in [0.29, 0.717) is 38.4 Å². The van der Waals surface area contributed by atoms with Gasteiger partial charge in [-0.3, -0.25) is 0 Å². The van der Waals surface area contributed by atoms with Crippen LogP contribution in [0.4, 0.5) is 10.5 Å². The SMILES string of the molecule is NS(=O)(=O)c1ccccc1N1CCN(C(=O)NC[C@H]2CCCO2)CC1. The lowest BCUT2D eigenvalue weighted by molar-refractivity contribution is 0.108. The largest absolute Gasteiger partial charge is 0.376 e. The molecule has 0 aromatic heterocycles. The van der Waals surface area contributed by atoms with E-state index in [1.54, 1.807) is 23.1 Å². The predicted octanol–water partition coefficient (Wildman–Crippen LogP) is 0.345. The molecular weight excluding hydrogens is 344 g/mol. The zero-order valence-corrected chi connectivity index (χ0v) is 14.9. The highest BCUT2D eigenvalue weighted by Gasteiger charge is 2.25. The Bertz CT molecular complexity index is 711. The number of amides is 2. The van der Waals surface area contributed by atoms with Crippen LogP contribution >= 0.6 is 0 Å². The third kappa shape index (κ3) is 4.42. The fraction of sp³-hybridized carbons (Fsp3) is 0.562. The summed E-state index contributed by atoms with van der Waals surface area (Å²) in [5.74, 6) is 0. The second-order valence-corrected chi connectivity index (χ2v) is 7.84. The summed E-state index contributed by atoms with van der Waals surface area (Å²) in [5.41, 5.74) is 0.587. The van der Waals surface area contributed by atoms with Gasteiger partial charge >= 0.3 is 6.03 Å². The van der Waals surface area contributed by atoms with Gasteiger partial charge in [-0.05, 0) is 25.0 Å². The molecule has 0 radical (unpaired) electrons. The maximum absolute atomic E-state index is 12.2. The van der Waals surface area contributed by atoms with E-state index in [0.717, 1.165) is 19.4 Å². The molecule has 2 saturated heterocycles. The van der Waals surface area contributed by atoms with Crippen molar-refractivity contribution in [3.05, 3.63) is 24.3 Å². The zero-order valence-electron chi connectivity index (χ0n) is 14.1. The number of para-hydroxylation sites is 1. The van der Waals surface area contributed by atoms with Crippen molar-refractivity contribution in [1.29, 1.82) is 0 Å². The molecule has 8 nitrogen and oxygen atoms in total. The molecule has 0 saturated carbocycles. The van der Waals surface area contributed by atoms with Crippen LogP contribution in [0.1, 0.15) is 12.8 Å². The van der Waals surface area contributed by atoms with Crippen LogP contribution in [0.3, 0.4) is 0 Å². The third-order valence-corrected chi connectivity index (χ3v) is 5.54. The van der Waals surface area contributed by atoms with Crippen LogP contribution in [-0.4, -0.2) is 64.8 Å². The summed E-state index contributed by atoms with van der Waals surface area (Å²) < 4.78 is 29.0. The number of carbonyl (C=O) groups excluding carboxylic acids is 1. The Morgan fingerprint density at radius 3 is 2.60 bits per heavy atom. The minimum atomic E-state index is -3.78. The Balaban J connectivity index is 1.56. The maximum atomic E-state index is 12.2. The van der Waals surface area contributed by atoms with Crippen LogP contribution < -0.4 is 15.4 Å². The number of primary sulfonamides is 1. The zero-order chi connectivity index (χ0) is 17.9. The molecule has 0 spiro atoms. The van der Waals surface area contributed by atoms with E-state index in [4.69, 9.17) is 9.88 Å². The van der Waals surface area contributed by atoms with Crippen LogP contribution in [0.5, 0.6) is 0 Å². The molecular formula is C16H24N4O4S. The van der Waals surface area contributed by atoms with Gasteiger partial charge in [0.2, 0.25) is 10.0 Å². The molecule has 0 aliphatic carbocycles. The molecule has 138 valence electrons.